The van der Waals surface area contributed by atoms with Crippen molar-refractivity contribution in [3.8, 4) is 5.75 Å². The molecule has 0 unspecified atom stereocenters. The van der Waals surface area contributed by atoms with Gasteiger partial charge in [-0.15, -0.1) is 0 Å². The summed E-state index contributed by atoms with van der Waals surface area (Å²) in [6.45, 7) is -0.177. The highest BCUT2D eigenvalue weighted by molar-refractivity contribution is 9.10. The Morgan fingerprint density at radius 3 is 2.52 bits per heavy atom. The number of nitrogens with two attached hydrogens (primary N) is 1. The molecule has 1 aromatic carbocycles. The molecule has 3 N–H and O–H groups in total. The first-order chi connectivity index (χ1) is 9.95. The van der Waals surface area contributed by atoms with Gasteiger partial charge in [-0.25, -0.2) is 0 Å². The van der Waals surface area contributed by atoms with Gasteiger partial charge in [0.2, 0.25) is 0 Å². The second kappa shape index (κ2) is 6.45. The Morgan fingerprint density at radius 2 is 2.00 bits per heavy atom. The maximum Gasteiger partial charge on any atom is 0.272 e. The van der Waals surface area contributed by atoms with Crippen molar-refractivity contribution in [3.63, 3.8) is 0 Å². The Bertz CT molecular complexity index is 665. The van der Waals surface area contributed by atoms with Crippen molar-refractivity contribution in [2.45, 2.75) is 0 Å². The number of carbonyl (C=O) groups excluding carboxylic acids is 2. The van der Waals surface area contributed by atoms with Gasteiger partial charge in [0, 0.05) is 23.4 Å². The number of primary amides is 1. The molecule has 0 spiro atoms. The van der Waals surface area contributed by atoms with Gasteiger partial charge in [0.05, 0.1) is 0 Å². The lowest BCUT2D eigenvalue weighted by Gasteiger charge is -2.07. The van der Waals surface area contributed by atoms with E-state index in [1.54, 1.807) is 48.1 Å². The van der Waals surface area contributed by atoms with Gasteiger partial charge in [0.1, 0.15) is 11.4 Å². The highest BCUT2D eigenvalue weighted by Gasteiger charge is 2.11. The third-order valence-corrected chi connectivity index (χ3v) is 3.13. The van der Waals surface area contributed by atoms with Crippen LogP contribution in [0.2, 0.25) is 0 Å². The topological polar surface area (TPSA) is 86.3 Å². The van der Waals surface area contributed by atoms with Crippen molar-refractivity contribution < 1.29 is 14.3 Å². The first-order valence-electron chi connectivity index (χ1n) is 6.10. The fourth-order valence-electron chi connectivity index (χ4n) is 1.73. The Morgan fingerprint density at radius 1 is 1.33 bits per heavy atom. The first kappa shape index (κ1) is 15.1. The quantitative estimate of drug-likeness (QED) is 0.862. The van der Waals surface area contributed by atoms with Crippen LogP contribution in [0.5, 0.6) is 5.75 Å². The highest BCUT2D eigenvalue weighted by atomic mass is 79.9. The summed E-state index contributed by atoms with van der Waals surface area (Å²) in [5.74, 6) is -0.246. The van der Waals surface area contributed by atoms with E-state index in [0.29, 0.717) is 17.1 Å². The Kier molecular flexibility index (Phi) is 4.64. The van der Waals surface area contributed by atoms with E-state index >= 15 is 0 Å². The molecule has 1 aromatic heterocycles. The van der Waals surface area contributed by atoms with Crippen LogP contribution in [0.15, 0.2) is 41.0 Å². The number of halogens is 1. The number of ether oxygens (including phenoxy) is 1. The van der Waals surface area contributed by atoms with E-state index in [-0.39, 0.29) is 12.5 Å². The second-order valence-corrected chi connectivity index (χ2v) is 5.30. The number of hydrogen-bond acceptors (Lipinski definition) is 3. The van der Waals surface area contributed by atoms with Crippen LogP contribution in [0.25, 0.3) is 0 Å². The number of carbonyl (C=O) groups is 2. The number of benzene rings is 1. The van der Waals surface area contributed by atoms with Crippen LogP contribution in [0.3, 0.4) is 0 Å². The van der Waals surface area contributed by atoms with Gasteiger partial charge in [-0.05, 0) is 46.3 Å². The van der Waals surface area contributed by atoms with Crippen LogP contribution in [0, 0.1) is 0 Å². The van der Waals surface area contributed by atoms with Crippen LogP contribution < -0.4 is 15.8 Å². The van der Waals surface area contributed by atoms with E-state index in [2.05, 4.69) is 21.2 Å². The molecule has 21 heavy (non-hydrogen) atoms. The van der Waals surface area contributed by atoms with E-state index in [1.807, 2.05) is 0 Å². The minimum Gasteiger partial charge on any atom is -0.484 e. The molecule has 2 rings (SSSR count). The maximum absolute atomic E-state index is 12.1. The summed E-state index contributed by atoms with van der Waals surface area (Å²) < 4.78 is 7.70. The van der Waals surface area contributed by atoms with E-state index in [9.17, 15) is 9.59 Å². The van der Waals surface area contributed by atoms with Gasteiger partial charge in [-0.2, -0.15) is 0 Å². The summed E-state index contributed by atoms with van der Waals surface area (Å²) >= 11 is 3.32. The Hall–Kier alpha value is -2.28. The average molecular weight is 352 g/mol. The van der Waals surface area contributed by atoms with Crippen LogP contribution in [-0.2, 0) is 11.8 Å². The van der Waals surface area contributed by atoms with Crippen molar-refractivity contribution in [1.29, 1.82) is 0 Å². The number of nitrogens with zero attached hydrogens (tertiary/aromatic N) is 1. The monoisotopic (exact) mass is 351 g/mol. The molecule has 6 nitrogen and oxygen atoms in total. The normalized spacial score (nSPS) is 10.2. The lowest BCUT2D eigenvalue weighted by atomic mass is 10.3. The van der Waals surface area contributed by atoms with Gasteiger partial charge in [-0.3, -0.25) is 9.59 Å². The third kappa shape index (κ3) is 4.09. The summed E-state index contributed by atoms with van der Waals surface area (Å²) in [6, 6.07) is 8.41. The zero-order chi connectivity index (χ0) is 15.4. The SMILES string of the molecule is Cn1cc(Br)cc1C(=O)Nc1ccc(OCC(N)=O)cc1. The lowest BCUT2D eigenvalue weighted by Crippen LogP contribution is -2.20. The van der Waals surface area contributed by atoms with Crippen molar-refractivity contribution in [2.75, 3.05) is 11.9 Å². The number of aryl methyl sites for hydroxylation is 1. The molecule has 7 heteroatoms. The summed E-state index contributed by atoms with van der Waals surface area (Å²) in [5.41, 5.74) is 6.16. The molecule has 0 bridgehead atoms. The van der Waals surface area contributed by atoms with Crippen molar-refractivity contribution in [3.05, 3.63) is 46.7 Å². The molecule has 110 valence electrons. The van der Waals surface area contributed by atoms with Crippen LogP contribution >= 0.6 is 15.9 Å². The molecule has 2 amide bonds. The molecule has 0 aliphatic rings. The maximum atomic E-state index is 12.1. The molecule has 2 aromatic rings. The van der Waals surface area contributed by atoms with Gasteiger partial charge in [-0.1, -0.05) is 0 Å². The number of nitrogens with one attached hydrogen (secondary N) is 1. The molecule has 0 radical (unpaired) electrons. The summed E-state index contributed by atoms with van der Waals surface area (Å²) in [5, 5.41) is 2.78. The first-order valence-corrected chi connectivity index (χ1v) is 6.89. The predicted molar refractivity (Wildman–Crippen MR) is 82.2 cm³/mol. The molecular weight excluding hydrogens is 338 g/mol. The van der Waals surface area contributed by atoms with E-state index in [0.717, 1.165) is 4.47 Å². The van der Waals surface area contributed by atoms with Gasteiger partial charge in [0.15, 0.2) is 6.61 Å². The number of hydrogen-bond donors (Lipinski definition) is 2. The standard InChI is InChI=1S/C14H14BrN3O3/c1-18-7-9(15)6-12(18)14(20)17-10-2-4-11(5-3-10)21-8-13(16)19/h2-7H,8H2,1H3,(H2,16,19)(H,17,20). The molecule has 0 saturated carbocycles. The van der Waals surface area contributed by atoms with Crippen molar-refractivity contribution in [2.24, 2.45) is 12.8 Å². The summed E-state index contributed by atoms with van der Waals surface area (Å²) in [7, 11) is 1.79. The van der Waals surface area contributed by atoms with Crippen LogP contribution in [0.1, 0.15) is 10.5 Å². The minimum atomic E-state index is -0.540. The molecular formula is C14H14BrN3O3. The van der Waals surface area contributed by atoms with E-state index in [4.69, 9.17) is 10.5 Å². The van der Waals surface area contributed by atoms with Crippen LogP contribution in [0.4, 0.5) is 5.69 Å². The Balaban J connectivity index is 2.01. The number of rotatable bonds is 5. The van der Waals surface area contributed by atoms with Gasteiger partial charge < -0.3 is 20.4 Å². The predicted octanol–water partition coefficient (Wildman–Crippen LogP) is 1.90. The molecule has 0 aliphatic heterocycles. The zero-order valence-electron chi connectivity index (χ0n) is 11.3. The fourth-order valence-corrected chi connectivity index (χ4v) is 2.26. The molecule has 1 heterocycles. The van der Waals surface area contributed by atoms with Crippen LogP contribution in [-0.4, -0.2) is 23.0 Å². The largest absolute Gasteiger partial charge is 0.484 e. The number of amides is 2. The smallest absolute Gasteiger partial charge is 0.272 e. The lowest BCUT2D eigenvalue weighted by molar-refractivity contribution is -0.119. The number of anilines is 1. The third-order valence-electron chi connectivity index (χ3n) is 2.70. The molecule has 0 fully saturated rings. The Labute approximate surface area is 130 Å². The van der Waals surface area contributed by atoms with Gasteiger partial charge in [0.25, 0.3) is 11.8 Å². The van der Waals surface area contributed by atoms with Gasteiger partial charge >= 0.3 is 0 Å². The van der Waals surface area contributed by atoms with Crippen molar-refractivity contribution in [1.82, 2.24) is 4.57 Å². The molecule has 0 aliphatic carbocycles. The molecule has 0 saturated heterocycles. The zero-order valence-corrected chi connectivity index (χ0v) is 12.9. The average Bonchev–Trinajstić information content (AvgIpc) is 2.77. The summed E-state index contributed by atoms with van der Waals surface area (Å²) in [6.07, 6.45) is 1.80. The second-order valence-electron chi connectivity index (χ2n) is 4.39. The summed E-state index contributed by atoms with van der Waals surface area (Å²) in [4.78, 5) is 22.7. The van der Waals surface area contributed by atoms with E-state index in [1.165, 1.54) is 0 Å². The number of aromatic nitrogens is 1. The van der Waals surface area contributed by atoms with Crippen molar-refractivity contribution >= 4 is 33.4 Å². The fraction of sp³-hybridized carbons (Fsp3) is 0.143. The molecule has 0 atom stereocenters. The van der Waals surface area contributed by atoms with E-state index < -0.39 is 5.91 Å². The highest BCUT2D eigenvalue weighted by Crippen LogP contribution is 2.18. The minimum absolute atomic E-state index is 0.177.